The Labute approximate surface area is 102 Å². The van der Waals surface area contributed by atoms with Gasteiger partial charge >= 0.3 is 0 Å². The zero-order valence-electron chi connectivity index (χ0n) is 11.9. The van der Waals surface area contributed by atoms with Crippen molar-refractivity contribution >= 4 is 8.32 Å². The quantitative estimate of drug-likeness (QED) is 0.653. The number of hydrogen-bond acceptors (Lipinski definition) is 2. The molecule has 0 aromatic rings. The van der Waals surface area contributed by atoms with Crippen molar-refractivity contribution in [3.63, 3.8) is 0 Å². The Kier molecular flexibility index (Phi) is 5.71. The molecule has 0 unspecified atom stereocenters. The summed E-state index contributed by atoms with van der Waals surface area (Å²) < 4.78 is 6.17. The monoisotopic (exact) mass is 241 g/mol. The van der Waals surface area contributed by atoms with Crippen LogP contribution in [0.25, 0.3) is 0 Å². The number of nitriles is 1. The third-order valence-electron chi connectivity index (χ3n) is 2.18. The molecule has 0 saturated carbocycles. The van der Waals surface area contributed by atoms with Gasteiger partial charge in [-0.05, 0) is 44.3 Å². The summed E-state index contributed by atoms with van der Waals surface area (Å²) in [5.41, 5.74) is -0.563. The van der Waals surface area contributed by atoms with E-state index < -0.39 is 13.9 Å². The van der Waals surface area contributed by atoms with Gasteiger partial charge in [0.05, 0.1) is 6.07 Å². The predicted molar refractivity (Wildman–Crippen MR) is 71.7 cm³/mol. The molecule has 0 aliphatic heterocycles. The second-order valence-corrected chi connectivity index (χ2v) is 10.9. The highest BCUT2D eigenvalue weighted by molar-refractivity contribution is 6.69. The first-order chi connectivity index (χ1) is 7.10. The van der Waals surface area contributed by atoms with Gasteiger partial charge in [-0.3, -0.25) is 0 Å². The normalized spacial score (nSPS) is 13.2. The van der Waals surface area contributed by atoms with Crippen LogP contribution in [0.3, 0.4) is 0 Å². The van der Waals surface area contributed by atoms with Gasteiger partial charge in [0, 0.05) is 0 Å². The maximum Gasteiger partial charge on any atom is 0.185 e. The summed E-state index contributed by atoms with van der Waals surface area (Å²) in [6.45, 7) is 15.1. The van der Waals surface area contributed by atoms with Crippen LogP contribution in [-0.4, -0.2) is 13.9 Å². The second-order valence-electron chi connectivity index (χ2n) is 6.52. The van der Waals surface area contributed by atoms with E-state index in [4.69, 9.17) is 4.43 Å². The SMILES string of the molecule is CC(C)CC(C#N)(CC(C)C)O[Si](C)(C)C. The van der Waals surface area contributed by atoms with Crippen molar-refractivity contribution in [3.05, 3.63) is 0 Å². The minimum Gasteiger partial charge on any atom is -0.400 e. The van der Waals surface area contributed by atoms with E-state index in [0.717, 1.165) is 12.8 Å². The summed E-state index contributed by atoms with van der Waals surface area (Å²) in [5.74, 6) is 0.990. The molecule has 0 amide bonds. The summed E-state index contributed by atoms with van der Waals surface area (Å²) in [7, 11) is -1.67. The molecule has 0 aromatic heterocycles. The van der Waals surface area contributed by atoms with Gasteiger partial charge < -0.3 is 4.43 Å². The Balaban J connectivity index is 4.90. The molecule has 0 saturated heterocycles. The van der Waals surface area contributed by atoms with E-state index in [9.17, 15) is 5.26 Å². The highest BCUT2D eigenvalue weighted by Crippen LogP contribution is 2.31. The summed E-state index contributed by atoms with van der Waals surface area (Å²) in [6, 6.07) is 2.45. The first-order valence-electron chi connectivity index (χ1n) is 6.21. The summed E-state index contributed by atoms with van der Waals surface area (Å²) in [5, 5.41) is 9.48. The fraction of sp³-hybridized carbons (Fsp3) is 0.923. The second kappa shape index (κ2) is 5.84. The van der Waals surface area contributed by atoms with Gasteiger partial charge in [-0.1, -0.05) is 27.7 Å². The average Bonchev–Trinajstić information content (AvgIpc) is 1.97. The molecule has 0 aliphatic rings. The Hall–Kier alpha value is -0.333. The van der Waals surface area contributed by atoms with E-state index >= 15 is 0 Å². The van der Waals surface area contributed by atoms with Crippen molar-refractivity contribution in [2.24, 2.45) is 11.8 Å². The minimum atomic E-state index is -1.67. The molecule has 0 aromatic carbocycles. The highest BCUT2D eigenvalue weighted by atomic mass is 28.4. The molecule has 2 nitrogen and oxygen atoms in total. The number of hydrogen-bond donors (Lipinski definition) is 0. The van der Waals surface area contributed by atoms with Crippen LogP contribution >= 0.6 is 0 Å². The average molecular weight is 241 g/mol. The third-order valence-corrected chi connectivity index (χ3v) is 3.18. The summed E-state index contributed by atoms with van der Waals surface area (Å²) >= 11 is 0. The van der Waals surface area contributed by atoms with E-state index in [2.05, 4.69) is 53.4 Å². The first kappa shape index (κ1) is 15.7. The lowest BCUT2D eigenvalue weighted by Crippen LogP contribution is -2.43. The van der Waals surface area contributed by atoms with Crippen molar-refractivity contribution in [2.45, 2.75) is 65.8 Å². The molecule has 0 heterocycles. The predicted octanol–water partition coefficient (Wildman–Crippen LogP) is 4.19. The van der Waals surface area contributed by atoms with Crippen LogP contribution in [0.2, 0.25) is 19.6 Å². The lowest BCUT2D eigenvalue weighted by atomic mass is 9.86. The van der Waals surface area contributed by atoms with E-state index in [-0.39, 0.29) is 0 Å². The largest absolute Gasteiger partial charge is 0.400 e. The Bertz CT molecular complexity index is 238. The number of rotatable bonds is 6. The van der Waals surface area contributed by atoms with Gasteiger partial charge in [-0.2, -0.15) is 5.26 Å². The third kappa shape index (κ3) is 6.29. The van der Waals surface area contributed by atoms with Crippen LogP contribution in [0.4, 0.5) is 0 Å². The van der Waals surface area contributed by atoms with Gasteiger partial charge in [-0.25, -0.2) is 0 Å². The zero-order chi connectivity index (χ0) is 13.0. The minimum absolute atomic E-state index is 0.495. The molecule has 0 spiro atoms. The number of nitrogens with zero attached hydrogens (tertiary/aromatic N) is 1. The zero-order valence-corrected chi connectivity index (χ0v) is 12.9. The van der Waals surface area contributed by atoms with Crippen LogP contribution in [0.1, 0.15) is 40.5 Å². The molecule has 0 atom stereocenters. The van der Waals surface area contributed by atoms with Crippen molar-refractivity contribution in [3.8, 4) is 6.07 Å². The van der Waals surface area contributed by atoms with Gasteiger partial charge in [-0.15, -0.1) is 0 Å². The lowest BCUT2D eigenvalue weighted by molar-refractivity contribution is 0.0729. The Morgan fingerprint density at radius 3 is 1.62 bits per heavy atom. The van der Waals surface area contributed by atoms with Gasteiger partial charge in [0.25, 0.3) is 0 Å². The molecular weight excluding hydrogens is 214 g/mol. The van der Waals surface area contributed by atoms with Crippen LogP contribution < -0.4 is 0 Å². The van der Waals surface area contributed by atoms with Gasteiger partial charge in [0.2, 0.25) is 0 Å². The van der Waals surface area contributed by atoms with Crippen LogP contribution in [0.15, 0.2) is 0 Å². The van der Waals surface area contributed by atoms with Gasteiger partial charge in [0.1, 0.15) is 5.60 Å². The molecule has 94 valence electrons. The fourth-order valence-electron chi connectivity index (χ4n) is 2.19. The maximum atomic E-state index is 9.48. The molecule has 0 fully saturated rings. The van der Waals surface area contributed by atoms with Crippen LogP contribution in [0, 0.1) is 23.2 Å². The molecule has 0 radical (unpaired) electrons. The van der Waals surface area contributed by atoms with Crippen molar-refractivity contribution in [1.82, 2.24) is 0 Å². The Morgan fingerprint density at radius 1 is 1.06 bits per heavy atom. The molecule has 0 bridgehead atoms. The van der Waals surface area contributed by atoms with Crippen molar-refractivity contribution in [1.29, 1.82) is 5.26 Å². The van der Waals surface area contributed by atoms with E-state index in [1.807, 2.05) is 0 Å². The molecule has 3 heteroatoms. The molecule has 0 N–H and O–H groups in total. The fourth-order valence-corrected chi connectivity index (χ4v) is 3.57. The molecule has 16 heavy (non-hydrogen) atoms. The maximum absolute atomic E-state index is 9.48. The van der Waals surface area contributed by atoms with Crippen LogP contribution in [0.5, 0.6) is 0 Å². The standard InChI is InChI=1S/C13H27NOSi/c1-11(2)8-13(10-14,9-12(3)4)15-16(5,6)7/h11-12H,8-9H2,1-7H3. The molecular formula is C13H27NOSi. The molecule has 0 rings (SSSR count). The van der Waals surface area contributed by atoms with E-state index in [1.54, 1.807) is 0 Å². The first-order valence-corrected chi connectivity index (χ1v) is 9.62. The van der Waals surface area contributed by atoms with Gasteiger partial charge in [0.15, 0.2) is 8.32 Å². The topological polar surface area (TPSA) is 33.0 Å². The highest BCUT2D eigenvalue weighted by Gasteiger charge is 2.37. The van der Waals surface area contributed by atoms with Crippen LogP contribution in [-0.2, 0) is 4.43 Å². The van der Waals surface area contributed by atoms with Crippen molar-refractivity contribution in [2.75, 3.05) is 0 Å². The molecule has 0 aliphatic carbocycles. The lowest BCUT2D eigenvalue weighted by Gasteiger charge is -2.36. The summed E-state index contributed by atoms with van der Waals surface area (Å²) in [4.78, 5) is 0. The van der Waals surface area contributed by atoms with E-state index in [0.29, 0.717) is 11.8 Å². The smallest absolute Gasteiger partial charge is 0.185 e. The Morgan fingerprint density at radius 2 is 1.44 bits per heavy atom. The van der Waals surface area contributed by atoms with E-state index in [1.165, 1.54) is 0 Å². The van der Waals surface area contributed by atoms with Crippen molar-refractivity contribution < 1.29 is 4.43 Å². The summed E-state index contributed by atoms with van der Waals surface area (Å²) in [6.07, 6.45) is 1.68.